The first kappa shape index (κ1) is 16.0. The summed E-state index contributed by atoms with van der Waals surface area (Å²) in [5.74, 6) is 2.90. The summed E-state index contributed by atoms with van der Waals surface area (Å²) in [4.78, 5) is 0. The van der Waals surface area contributed by atoms with E-state index < -0.39 is 0 Å². The summed E-state index contributed by atoms with van der Waals surface area (Å²) in [6, 6.07) is 5.41. The van der Waals surface area contributed by atoms with Crippen LogP contribution in [0.1, 0.15) is 38.5 Å². The number of anilines is 1. The third-order valence-electron chi connectivity index (χ3n) is 5.97. The minimum absolute atomic E-state index is 0.476. The summed E-state index contributed by atoms with van der Waals surface area (Å²) < 4.78 is 0. The maximum absolute atomic E-state index is 6.20. The van der Waals surface area contributed by atoms with Crippen LogP contribution in [0, 0.1) is 23.2 Å². The van der Waals surface area contributed by atoms with E-state index in [0.29, 0.717) is 20.6 Å². The molecule has 0 heterocycles. The Morgan fingerprint density at radius 1 is 1.09 bits per heavy atom. The number of halogens is 2. The minimum Gasteiger partial charge on any atom is -0.362 e. The van der Waals surface area contributed by atoms with Gasteiger partial charge in [0.2, 0.25) is 0 Å². The molecule has 0 saturated heterocycles. The second-order valence-electron chi connectivity index (χ2n) is 7.85. The van der Waals surface area contributed by atoms with Crippen LogP contribution < -0.4 is 10.6 Å². The largest absolute Gasteiger partial charge is 0.362 e. The van der Waals surface area contributed by atoms with E-state index in [1.165, 1.54) is 38.5 Å². The zero-order valence-electron chi connectivity index (χ0n) is 13.1. The number of benzene rings is 1. The number of rotatable bonds is 3. The molecule has 2 nitrogen and oxygen atoms in total. The Kier molecular flexibility index (Phi) is 4.23. The van der Waals surface area contributed by atoms with Crippen molar-refractivity contribution in [3.05, 3.63) is 28.2 Å². The number of hydrogen-bond acceptors (Lipinski definition) is 1. The molecule has 0 spiro atoms. The minimum atomic E-state index is 0.476. The van der Waals surface area contributed by atoms with Crippen molar-refractivity contribution in [1.29, 1.82) is 0 Å². The van der Waals surface area contributed by atoms with Crippen LogP contribution in [0.4, 0.5) is 5.69 Å². The summed E-state index contributed by atoms with van der Waals surface area (Å²) in [7, 11) is 0. The van der Waals surface area contributed by atoms with Crippen LogP contribution in [0.2, 0.25) is 10.0 Å². The molecule has 4 saturated carbocycles. The van der Waals surface area contributed by atoms with Crippen molar-refractivity contribution in [2.24, 2.45) is 23.2 Å². The van der Waals surface area contributed by atoms with E-state index in [4.69, 9.17) is 35.4 Å². The van der Waals surface area contributed by atoms with Crippen LogP contribution in [0.5, 0.6) is 0 Å². The van der Waals surface area contributed by atoms with E-state index in [1.807, 2.05) is 12.1 Å². The zero-order valence-corrected chi connectivity index (χ0v) is 15.4. The average molecular weight is 369 g/mol. The third kappa shape index (κ3) is 3.33. The van der Waals surface area contributed by atoms with E-state index in [1.54, 1.807) is 6.07 Å². The van der Waals surface area contributed by atoms with Gasteiger partial charge in [0.25, 0.3) is 0 Å². The predicted molar refractivity (Wildman–Crippen MR) is 101 cm³/mol. The van der Waals surface area contributed by atoms with Gasteiger partial charge < -0.3 is 10.6 Å². The third-order valence-corrected chi connectivity index (χ3v) is 6.76. The number of nitrogens with one attached hydrogen (secondary N) is 2. The van der Waals surface area contributed by atoms with Gasteiger partial charge in [-0.25, -0.2) is 0 Å². The van der Waals surface area contributed by atoms with E-state index in [2.05, 4.69) is 10.6 Å². The lowest BCUT2D eigenvalue weighted by molar-refractivity contribution is -0.0490. The number of hydrogen-bond donors (Lipinski definition) is 2. The molecule has 0 aliphatic heterocycles. The van der Waals surface area contributed by atoms with E-state index in [0.717, 1.165) is 30.0 Å². The van der Waals surface area contributed by atoms with Crippen molar-refractivity contribution in [3.63, 3.8) is 0 Å². The van der Waals surface area contributed by atoms with Crippen LogP contribution in [0.3, 0.4) is 0 Å². The first-order chi connectivity index (χ1) is 11.0. The molecule has 23 heavy (non-hydrogen) atoms. The van der Waals surface area contributed by atoms with E-state index in [9.17, 15) is 0 Å². The van der Waals surface area contributed by atoms with E-state index >= 15 is 0 Å². The molecule has 1 aromatic rings. The van der Waals surface area contributed by atoms with Crippen LogP contribution in [0.15, 0.2) is 18.2 Å². The van der Waals surface area contributed by atoms with Crippen molar-refractivity contribution >= 4 is 46.2 Å². The highest BCUT2D eigenvalue weighted by atomic mass is 35.5. The van der Waals surface area contributed by atoms with Crippen molar-refractivity contribution in [2.75, 3.05) is 11.9 Å². The highest BCUT2D eigenvalue weighted by Gasteiger charge is 2.50. The Morgan fingerprint density at radius 3 is 2.26 bits per heavy atom. The molecule has 124 valence electrons. The van der Waals surface area contributed by atoms with E-state index in [-0.39, 0.29) is 0 Å². The summed E-state index contributed by atoms with van der Waals surface area (Å²) in [5.41, 5.74) is 1.28. The van der Waals surface area contributed by atoms with Gasteiger partial charge >= 0.3 is 0 Å². The van der Waals surface area contributed by atoms with Gasteiger partial charge in [0.1, 0.15) is 0 Å². The smallest absolute Gasteiger partial charge is 0.170 e. The van der Waals surface area contributed by atoms with Crippen LogP contribution >= 0.6 is 35.4 Å². The number of thiocarbonyl (C=S) groups is 1. The summed E-state index contributed by atoms with van der Waals surface area (Å²) >= 11 is 17.6. The quantitative estimate of drug-likeness (QED) is 0.689. The fraction of sp³-hybridized carbons (Fsp3) is 0.611. The van der Waals surface area contributed by atoms with Gasteiger partial charge in [-0.3, -0.25) is 0 Å². The monoisotopic (exact) mass is 368 g/mol. The van der Waals surface area contributed by atoms with Gasteiger partial charge in [-0.05, 0) is 92.1 Å². The molecule has 4 bridgehead atoms. The topological polar surface area (TPSA) is 24.1 Å². The van der Waals surface area contributed by atoms with Crippen molar-refractivity contribution in [1.82, 2.24) is 5.32 Å². The lowest BCUT2D eigenvalue weighted by Crippen LogP contribution is -2.51. The first-order valence-electron chi connectivity index (χ1n) is 8.51. The fourth-order valence-corrected chi connectivity index (χ4v) is 6.17. The summed E-state index contributed by atoms with van der Waals surface area (Å²) in [6.45, 7) is 0.994. The molecule has 0 radical (unpaired) electrons. The van der Waals surface area contributed by atoms with Gasteiger partial charge in [0.15, 0.2) is 5.11 Å². The molecular formula is C18H22Cl2N2S. The first-order valence-corrected chi connectivity index (χ1v) is 9.68. The standard InChI is InChI=1S/C18H22Cl2N2S/c19-14-1-2-16(15(20)6-14)22-17(23)21-10-18-7-11-3-12(8-18)5-13(4-11)9-18/h1-2,6,11-13H,3-5,7-10H2,(H2,21,22,23). The Hall–Kier alpha value is -0.510. The molecule has 0 aromatic heterocycles. The molecule has 0 amide bonds. The average Bonchev–Trinajstić information content (AvgIpc) is 2.47. The maximum atomic E-state index is 6.20. The van der Waals surface area contributed by atoms with Crippen LogP contribution in [0.25, 0.3) is 0 Å². The Labute approximate surface area is 153 Å². The van der Waals surface area contributed by atoms with Crippen LogP contribution in [-0.4, -0.2) is 11.7 Å². The molecule has 0 unspecified atom stereocenters. The lowest BCUT2D eigenvalue weighted by Gasteiger charge is -2.57. The summed E-state index contributed by atoms with van der Waals surface area (Å²) in [5, 5.41) is 8.54. The van der Waals surface area contributed by atoms with Gasteiger partial charge in [-0.2, -0.15) is 0 Å². The van der Waals surface area contributed by atoms with Gasteiger partial charge in [-0.1, -0.05) is 23.2 Å². The molecule has 4 aliphatic rings. The SMILES string of the molecule is S=C(NCC12CC3CC(CC(C3)C1)C2)Nc1ccc(Cl)cc1Cl. The Balaban J connectivity index is 1.36. The van der Waals surface area contributed by atoms with Crippen molar-refractivity contribution in [3.8, 4) is 0 Å². The molecule has 4 fully saturated rings. The Bertz CT molecular complexity index is 596. The van der Waals surface area contributed by atoms with Crippen molar-refractivity contribution < 1.29 is 0 Å². The second-order valence-corrected chi connectivity index (χ2v) is 9.10. The normalized spacial score (nSPS) is 34.4. The molecule has 5 heteroatoms. The molecule has 4 aliphatic carbocycles. The Morgan fingerprint density at radius 2 is 1.70 bits per heavy atom. The van der Waals surface area contributed by atoms with Crippen molar-refractivity contribution in [2.45, 2.75) is 38.5 Å². The molecular weight excluding hydrogens is 347 g/mol. The van der Waals surface area contributed by atoms with Gasteiger partial charge in [-0.15, -0.1) is 0 Å². The van der Waals surface area contributed by atoms with Gasteiger partial charge in [0, 0.05) is 11.6 Å². The van der Waals surface area contributed by atoms with Gasteiger partial charge in [0.05, 0.1) is 10.7 Å². The molecule has 0 atom stereocenters. The molecule has 2 N–H and O–H groups in total. The van der Waals surface area contributed by atoms with Crippen LogP contribution in [-0.2, 0) is 0 Å². The highest BCUT2D eigenvalue weighted by Crippen LogP contribution is 2.59. The molecule has 1 aromatic carbocycles. The fourth-order valence-electron chi connectivity index (χ4n) is 5.53. The lowest BCUT2D eigenvalue weighted by atomic mass is 9.49. The molecule has 5 rings (SSSR count). The zero-order chi connectivity index (χ0) is 16.0. The predicted octanol–water partition coefficient (Wildman–Crippen LogP) is 5.50. The maximum Gasteiger partial charge on any atom is 0.170 e. The summed E-state index contributed by atoms with van der Waals surface area (Å²) in [6.07, 6.45) is 8.58. The highest BCUT2D eigenvalue weighted by molar-refractivity contribution is 7.80. The second kappa shape index (κ2) is 6.09.